The van der Waals surface area contributed by atoms with Gasteiger partial charge in [0.2, 0.25) is 0 Å². The number of aliphatic hydroxyl groups excluding tert-OH is 2. The summed E-state index contributed by atoms with van der Waals surface area (Å²) in [6.45, 7) is 2.08. The molecule has 1 rings (SSSR count). The van der Waals surface area contributed by atoms with E-state index in [0.717, 1.165) is 5.56 Å². The number of aromatic nitrogens is 1. The van der Waals surface area contributed by atoms with Crippen molar-refractivity contribution < 1.29 is 10.2 Å². The SMILES string of the molecule is CC(O)CNc1ncccc1CO. The number of nitrogens with one attached hydrogen (secondary N) is 1. The molecule has 3 N–H and O–H groups in total. The Hall–Kier alpha value is -1.13. The third kappa shape index (κ3) is 3.01. The first kappa shape index (κ1) is 9.95. The van der Waals surface area contributed by atoms with Crippen molar-refractivity contribution in [2.45, 2.75) is 19.6 Å². The highest BCUT2D eigenvalue weighted by Crippen LogP contribution is 2.10. The summed E-state index contributed by atoms with van der Waals surface area (Å²) in [5, 5.41) is 20.9. The number of nitrogens with zero attached hydrogens (tertiary/aromatic N) is 1. The number of hydrogen-bond donors (Lipinski definition) is 3. The van der Waals surface area contributed by atoms with Crippen LogP contribution in [-0.2, 0) is 6.61 Å². The first-order valence-electron chi connectivity index (χ1n) is 4.20. The van der Waals surface area contributed by atoms with Crippen molar-refractivity contribution >= 4 is 5.82 Å². The fourth-order valence-corrected chi connectivity index (χ4v) is 0.970. The van der Waals surface area contributed by atoms with Crippen LogP contribution >= 0.6 is 0 Å². The van der Waals surface area contributed by atoms with Crippen LogP contribution in [0.25, 0.3) is 0 Å². The van der Waals surface area contributed by atoms with E-state index >= 15 is 0 Å². The highest BCUT2D eigenvalue weighted by Gasteiger charge is 2.02. The fourth-order valence-electron chi connectivity index (χ4n) is 0.970. The van der Waals surface area contributed by atoms with Gasteiger partial charge in [0.1, 0.15) is 5.82 Å². The highest BCUT2D eigenvalue weighted by molar-refractivity contribution is 5.43. The van der Waals surface area contributed by atoms with Gasteiger partial charge in [-0.2, -0.15) is 0 Å². The summed E-state index contributed by atoms with van der Waals surface area (Å²) in [6.07, 6.45) is 1.22. The summed E-state index contributed by atoms with van der Waals surface area (Å²) >= 11 is 0. The molecule has 1 aromatic rings. The van der Waals surface area contributed by atoms with Crippen molar-refractivity contribution in [3.63, 3.8) is 0 Å². The lowest BCUT2D eigenvalue weighted by Crippen LogP contribution is -2.17. The van der Waals surface area contributed by atoms with Crippen LogP contribution in [0.4, 0.5) is 5.82 Å². The van der Waals surface area contributed by atoms with E-state index < -0.39 is 6.10 Å². The Bertz CT molecular complexity index is 264. The number of hydrogen-bond acceptors (Lipinski definition) is 4. The Morgan fingerprint density at radius 2 is 2.38 bits per heavy atom. The third-order valence-electron chi connectivity index (χ3n) is 1.63. The van der Waals surface area contributed by atoms with Gasteiger partial charge in [0.05, 0.1) is 12.7 Å². The van der Waals surface area contributed by atoms with Gasteiger partial charge in [0.15, 0.2) is 0 Å². The predicted molar refractivity (Wildman–Crippen MR) is 50.3 cm³/mol. The van der Waals surface area contributed by atoms with Gasteiger partial charge in [-0.05, 0) is 13.0 Å². The summed E-state index contributed by atoms with van der Waals surface area (Å²) in [5.74, 6) is 0.630. The maximum absolute atomic E-state index is 9.02. The molecular formula is C9H14N2O2. The smallest absolute Gasteiger partial charge is 0.131 e. The largest absolute Gasteiger partial charge is 0.392 e. The van der Waals surface area contributed by atoms with Crippen LogP contribution in [-0.4, -0.2) is 27.8 Å². The van der Waals surface area contributed by atoms with Crippen molar-refractivity contribution in [3.8, 4) is 0 Å². The topological polar surface area (TPSA) is 65.4 Å². The van der Waals surface area contributed by atoms with Crippen molar-refractivity contribution in [2.75, 3.05) is 11.9 Å². The maximum atomic E-state index is 9.02. The molecule has 0 radical (unpaired) electrons. The predicted octanol–water partition coefficient (Wildman–Crippen LogP) is 0.367. The maximum Gasteiger partial charge on any atom is 0.131 e. The summed E-state index contributed by atoms with van der Waals surface area (Å²) in [4.78, 5) is 4.04. The molecule has 0 spiro atoms. The van der Waals surface area contributed by atoms with Crippen molar-refractivity contribution in [1.82, 2.24) is 4.98 Å². The average molecular weight is 182 g/mol. The Morgan fingerprint density at radius 3 is 3.00 bits per heavy atom. The lowest BCUT2D eigenvalue weighted by molar-refractivity contribution is 0.208. The number of anilines is 1. The van der Waals surface area contributed by atoms with E-state index in [-0.39, 0.29) is 6.61 Å². The molecule has 0 saturated carbocycles. The van der Waals surface area contributed by atoms with Crippen LogP contribution in [0.15, 0.2) is 18.3 Å². The monoisotopic (exact) mass is 182 g/mol. The summed E-state index contributed by atoms with van der Waals surface area (Å²) in [7, 11) is 0. The molecule has 0 aliphatic carbocycles. The van der Waals surface area contributed by atoms with E-state index in [1.165, 1.54) is 0 Å². The van der Waals surface area contributed by atoms with E-state index in [1.54, 1.807) is 25.3 Å². The molecule has 0 aliphatic heterocycles. The van der Waals surface area contributed by atoms with Crippen LogP contribution in [0, 0.1) is 0 Å². The second-order valence-electron chi connectivity index (χ2n) is 2.90. The average Bonchev–Trinajstić information content (AvgIpc) is 2.15. The molecule has 1 heterocycles. The summed E-state index contributed by atoms with van der Waals surface area (Å²) in [6, 6.07) is 3.55. The molecule has 4 nitrogen and oxygen atoms in total. The van der Waals surface area contributed by atoms with Crippen LogP contribution in [0.1, 0.15) is 12.5 Å². The van der Waals surface area contributed by atoms with Gasteiger partial charge in [0, 0.05) is 18.3 Å². The zero-order chi connectivity index (χ0) is 9.68. The Morgan fingerprint density at radius 1 is 1.62 bits per heavy atom. The van der Waals surface area contributed by atoms with Crippen LogP contribution < -0.4 is 5.32 Å². The molecule has 1 unspecified atom stereocenters. The minimum Gasteiger partial charge on any atom is -0.392 e. The molecular weight excluding hydrogens is 168 g/mol. The Balaban J connectivity index is 2.64. The normalized spacial score (nSPS) is 12.5. The minimum absolute atomic E-state index is 0.0457. The lowest BCUT2D eigenvalue weighted by atomic mass is 10.2. The second kappa shape index (κ2) is 4.79. The van der Waals surface area contributed by atoms with Gasteiger partial charge in [-0.15, -0.1) is 0 Å². The van der Waals surface area contributed by atoms with E-state index in [2.05, 4.69) is 10.3 Å². The van der Waals surface area contributed by atoms with Gasteiger partial charge >= 0.3 is 0 Å². The molecule has 0 bridgehead atoms. The lowest BCUT2D eigenvalue weighted by Gasteiger charge is -2.10. The van der Waals surface area contributed by atoms with E-state index in [4.69, 9.17) is 10.2 Å². The van der Waals surface area contributed by atoms with Crippen molar-refractivity contribution in [3.05, 3.63) is 23.9 Å². The zero-order valence-corrected chi connectivity index (χ0v) is 7.57. The fraction of sp³-hybridized carbons (Fsp3) is 0.444. The molecule has 0 amide bonds. The number of aliphatic hydroxyl groups is 2. The van der Waals surface area contributed by atoms with E-state index in [0.29, 0.717) is 12.4 Å². The molecule has 0 aliphatic rings. The van der Waals surface area contributed by atoms with Crippen molar-refractivity contribution in [1.29, 1.82) is 0 Å². The van der Waals surface area contributed by atoms with Crippen molar-refractivity contribution in [2.24, 2.45) is 0 Å². The van der Waals surface area contributed by atoms with E-state index in [1.807, 2.05) is 0 Å². The highest BCUT2D eigenvalue weighted by atomic mass is 16.3. The first-order valence-corrected chi connectivity index (χ1v) is 4.20. The first-order chi connectivity index (χ1) is 6.24. The van der Waals surface area contributed by atoms with Gasteiger partial charge in [0.25, 0.3) is 0 Å². The molecule has 72 valence electrons. The quantitative estimate of drug-likeness (QED) is 0.629. The molecule has 1 aromatic heterocycles. The van der Waals surface area contributed by atoms with E-state index in [9.17, 15) is 0 Å². The number of rotatable bonds is 4. The molecule has 0 saturated heterocycles. The molecule has 4 heteroatoms. The van der Waals surface area contributed by atoms with Gasteiger partial charge < -0.3 is 15.5 Å². The van der Waals surface area contributed by atoms with Gasteiger partial charge in [-0.1, -0.05) is 6.07 Å². The summed E-state index contributed by atoms with van der Waals surface area (Å²) < 4.78 is 0. The number of pyridine rings is 1. The van der Waals surface area contributed by atoms with Gasteiger partial charge in [-0.25, -0.2) is 4.98 Å². The summed E-state index contributed by atoms with van der Waals surface area (Å²) in [5.41, 5.74) is 0.739. The second-order valence-corrected chi connectivity index (χ2v) is 2.90. The molecule has 0 fully saturated rings. The third-order valence-corrected chi connectivity index (χ3v) is 1.63. The molecule has 13 heavy (non-hydrogen) atoms. The standard InChI is InChI=1S/C9H14N2O2/c1-7(13)5-11-9-8(6-12)3-2-4-10-9/h2-4,7,12-13H,5-6H2,1H3,(H,10,11). The molecule has 1 atom stereocenters. The van der Waals surface area contributed by atoms with Gasteiger partial charge in [-0.3, -0.25) is 0 Å². The van der Waals surface area contributed by atoms with Crippen LogP contribution in [0.5, 0.6) is 0 Å². The van der Waals surface area contributed by atoms with Crippen LogP contribution in [0.2, 0.25) is 0 Å². The molecule has 0 aromatic carbocycles. The Labute approximate surface area is 77.2 Å². The van der Waals surface area contributed by atoms with Crippen LogP contribution in [0.3, 0.4) is 0 Å². The Kier molecular flexibility index (Phi) is 3.67. The zero-order valence-electron chi connectivity index (χ0n) is 7.57. The minimum atomic E-state index is -0.423.